The van der Waals surface area contributed by atoms with Gasteiger partial charge in [-0.25, -0.2) is 8.42 Å². The number of benzene rings is 1. The van der Waals surface area contributed by atoms with Gasteiger partial charge in [0.05, 0.1) is 17.6 Å². The highest BCUT2D eigenvalue weighted by Crippen LogP contribution is 2.22. The van der Waals surface area contributed by atoms with Crippen molar-refractivity contribution in [3.8, 4) is 0 Å². The Morgan fingerprint density at radius 1 is 1.30 bits per heavy atom. The van der Waals surface area contributed by atoms with Crippen LogP contribution in [0.15, 0.2) is 29.2 Å². The molecule has 5 nitrogen and oxygen atoms in total. The lowest BCUT2D eigenvalue weighted by molar-refractivity contribution is -0.0170. The molecule has 0 amide bonds. The van der Waals surface area contributed by atoms with Gasteiger partial charge >= 0.3 is 0 Å². The van der Waals surface area contributed by atoms with Gasteiger partial charge in [0.15, 0.2) is 0 Å². The van der Waals surface area contributed by atoms with Gasteiger partial charge in [-0.15, -0.1) is 0 Å². The number of morpholine rings is 1. The lowest BCUT2D eigenvalue weighted by Crippen LogP contribution is -2.50. The van der Waals surface area contributed by atoms with Gasteiger partial charge in [0.2, 0.25) is 10.0 Å². The van der Waals surface area contributed by atoms with E-state index in [0.717, 1.165) is 12.0 Å². The molecule has 1 aromatic carbocycles. The average molecular weight is 298 g/mol. The molecule has 1 saturated heterocycles. The molecule has 1 aromatic rings. The minimum absolute atomic E-state index is 0.0718. The minimum Gasteiger partial charge on any atom is -0.375 e. The van der Waals surface area contributed by atoms with Crippen molar-refractivity contribution in [1.82, 2.24) is 4.31 Å². The number of sulfonamides is 1. The van der Waals surface area contributed by atoms with Gasteiger partial charge < -0.3 is 10.5 Å². The smallest absolute Gasteiger partial charge is 0.243 e. The summed E-state index contributed by atoms with van der Waals surface area (Å²) in [6, 6.07) is 6.84. The van der Waals surface area contributed by atoms with Crippen LogP contribution in [0.2, 0.25) is 0 Å². The lowest BCUT2D eigenvalue weighted by atomic mass is 10.2. The van der Waals surface area contributed by atoms with E-state index in [4.69, 9.17) is 10.5 Å². The third-order valence-corrected chi connectivity index (χ3v) is 5.51. The fourth-order valence-corrected chi connectivity index (χ4v) is 4.03. The summed E-state index contributed by atoms with van der Waals surface area (Å²) in [6.45, 7) is 5.15. The lowest BCUT2D eigenvalue weighted by Gasteiger charge is -2.35. The second kappa shape index (κ2) is 6.22. The maximum atomic E-state index is 12.7. The number of nitrogens with two attached hydrogens (primary N) is 1. The third-order valence-electron chi connectivity index (χ3n) is 3.51. The van der Waals surface area contributed by atoms with Gasteiger partial charge in [0, 0.05) is 12.6 Å². The van der Waals surface area contributed by atoms with Gasteiger partial charge in [-0.05, 0) is 44.5 Å². The zero-order valence-corrected chi connectivity index (χ0v) is 12.8. The van der Waals surface area contributed by atoms with Gasteiger partial charge in [0.1, 0.15) is 0 Å². The number of ether oxygens (including phenoxy) is 1. The van der Waals surface area contributed by atoms with E-state index in [1.54, 1.807) is 12.1 Å². The normalized spacial score (nSPS) is 24.8. The van der Waals surface area contributed by atoms with E-state index in [9.17, 15) is 8.42 Å². The maximum absolute atomic E-state index is 12.7. The molecule has 20 heavy (non-hydrogen) atoms. The van der Waals surface area contributed by atoms with Crippen molar-refractivity contribution in [2.75, 3.05) is 19.7 Å². The van der Waals surface area contributed by atoms with Gasteiger partial charge in [-0.1, -0.05) is 12.1 Å². The fourth-order valence-electron chi connectivity index (χ4n) is 2.34. The first kappa shape index (κ1) is 15.4. The molecule has 6 heteroatoms. The topological polar surface area (TPSA) is 72.6 Å². The summed E-state index contributed by atoms with van der Waals surface area (Å²) in [4.78, 5) is 0.333. The molecule has 2 atom stereocenters. The Bertz CT molecular complexity index is 542. The van der Waals surface area contributed by atoms with Crippen molar-refractivity contribution in [1.29, 1.82) is 0 Å². The first-order chi connectivity index (χ1) is 9.45. The van der Waals surface area contributed by atoms with Crippen LogP contribution in [0.5, 0.6) is 0 Å². The Morgan fingerprint density at radius 2 is 1.95 bits per heavy atom. The van der Waals surface area contributed by atoms with Crippen molar-refractivity contribution >= 4 is 10.0 Å². The summed E-state index contributed by atoms with van der Waals surface area (Å²) in [7, 11) is -3.45. The standard InChI is InChI=1S/C14H22N2O3S/c1-11-10-19-12(2)9-16(11)20(17,18)14-5-3-13(4-6-14)7-8-15/h3-6,11-12H,7-10,15H2,1-2H3. The average Bonchev–Trinajstić information content (AvgIpc) is 2.42. The summed E-state index contributed by atoms with van der Waals surface area (Å²) in [5.41, 5.74) is 6.55. The van der Waals surface area contributed by atoms with E-state index in [1.807, 2.05) is 26.0 Å². The molecule has 0 radical (unpaired) electrons. The highest BCUT2D eigenvalue weighted by atomic mass is 32.2. The predicted molar refractivity (Wildman–Crippen MR) is 78.0 cm³/mol. The Balaban J connectivity index is 2.24. The monoisotopic (exact) mass is 298 g/mol. The molecule has 0 saturated carbocycles. The Kier molecular flexibility index (Phi) is 4.80. The van der Waals surface area contributed by atoms with Crippen LogP contribution in [0, 0.1) is 0 Å². The molecule has 1 aliphatic heterocycles. The van der Waals surface area contributed by atoms with E-state index in [-0.39, 0.29) is 12.1 Å². The van der Waals surface area contributed by atoms with Crippen LogP contribution in [0.4, 0.5) is 0 Å². The zero-order valence-electron chi connectivity index (χ0n) is 12.0. The van der Waals surface area contributed by atoms with Crippen molar-refractivity contribution in [2.24, 2.45) is 5.73 Å². The molecular formula is C14H22N2O3S. The summed E-state index contributed by atoms with van der Waals surface area (Å²) >= 11 is 0. The number of nitrogens with zero attached hydrogens (tertiary/aromatic N) is 1. The van der Waals surface area contributed by atoms with Crippen LogP contribution in [-0.2, 0) is 21.2 Å². The van der Waals surface area contributed by atoms with E-state index in [2.05, 4.69) is 0 Å². The van der Waals surface area contributed by atoms with Crippen LogP contribution in [-0.4, -0.2) is 44.6 Å². The number of rotatable bonds is 4. The zero-order chi connectivity index (χ0) is 14.8. The molecular weight excluding hydrogens is 276 g/mol. The Labute approximate surface area is 120 Å². The molecule has 0 bridgehead atoms. The van der Waals surface area contributed by atoms with Crippen LogP contribution in [0.25, 0.3) is 0 Å². The van der Waals surface area contributed by atoms with Crippen LogP contribution in [0.3, 0.4) is 0 Å². The molecule has 1 aliphatic rings. The van der Waals surface area contributed by atoms with E-state index >= 15 is 0 Å². The largest absolute Gasteiger partial charge is 0.375 e. The van der Waals surface area contributed by atoms with E-state index in [1.165, 1.54) is 4.31 Å². The molecule has 2 rings (SSSR count). The van der Waals surface area contributed by atoms with Gasteiger partial charge in [-0.2, -0.15) is 4.31 Å². The molecule has 2 unspecified atom stereocenters. The molecule has 112 valence electrons. The number of hydrogen-bond donors (Lipinski definition) is 1. The quantitative estimate of drug-likeness (QED) is 0.899. The summed E-state index contributed by atoms with van der Waals surface area (Å²) < 4.78 is 32.3. The van der Waals surface area contributed by atoms with Gasteiger partial charge in [-0.3, -0.25) is 0 Å². The third kappa shape index (κ3) is 3.20. The van der Waals surface area contributed by atoms with Crippen LogP contribution in [0.1, 0.15) is 19.4 Å². The van der Waals surface area contributed by atoms with Crippen LogP contribution >= 0.6 is 0 Å². The maximum Gasteiger partial charge on any atom is 0.243 e. The first-order valence-electron chi connectivity index (χ1n) is 6.87. The molecule has 1 heterocycles. The molecule has 2 N–H and O–H groups in total. The van der Waals surface area contributed by atoms with Crippen LogP contribution < -0.4 is 5.73 Å². The SMILES string of the molecule is CC1CN(S(=O)(=O)c2ccc(CCN)cc2)C(C)CO1. The van der Waals surface area contributed by atoms with E-state index < -0.39 is 10.0 Å². The van der Waals surface area contributed by atoms with E-state index in [0.29, 0.717) is 24.6 Å². The molecule has 0 spiro atoms. The predicted octanol–water partition coefficient (Wildman–Crippen LogP) is 0.986. The second-order valence-electron chi connectivity index (χ2n) is 5.25. The second-order valence-corrected chi connectivity index (χ2v) is 7.14. The molecule has 0 aromatic heterocycles. The molecule has 0 aliphatic carbocycles. The Morgan fingerprint density at radius 3 is 2.55 bits per heavy atom. The minimum atomic E-state index is -3.45. The number of hydrogen-bond acceptors (Lipinski definition) is 4. The Hall–Kier alpha value is -0.950. The highest BCUT2D eigenvalue weighted by Gasteiger charge is 2.33. The fraction of sp³-hybridized carbons (Fsp3) is 0.571. The highest BCUT2D eigenvalue weighted by molar-refractivity contribution is 7.89. The van der Waals surface area contributed by atoms with Crippen molar-refractivity contribution in [2.45, 2.75) is 37.3 Å². The van der Waals surface area contributed by atoms with Crippen molar-refractivity contribution in [3.63, 3.8) is 0 Å². The first-order valence-corrected chi connectivity index (χ1v) is 8.31. The molecule has 1 fully saturated rings. The summed E-state index contributed by atoms with van der Waals surface area (Å²) in [5.74, 6) is 0. The summed E-state index contributed by atoms with van der Waals surface area (Å²) in [6.07, 6.45) is 0.684. The van der Waals surface area contributed by atoms with Crippen molar-refractivity contribution in [3.05, 3.63) is 29.8 Å². The summed E-state index contributed by atoms with van der Waals surface area (Å²) in [5, 5.41) is 0. The van der Waals surface area contributed by atoms with Gasteiger partial charge in [0.25, 0.3) is 0 Å². The van der Waals surface area contributed by atoms with Crippen molar-refractivity contribution < 1.29 is 13.2 Å².